The molecule has 2 rings (SSSR count). The van der Waals surface area contributed by atoms with Crippen molar-refractivity contribution < 1.29 is 0 Å². The molecule has 0 saturated heterocycles. The molecule has 102 valence electrons. The molecule has 1 aromatic heterocycles. The van der Waals surface area contributed by atoms with E-state index < -0.39 is 0 Å². The largest absolute Gasteiger partial charge is 0.147 e. The van der Waals surface area contributed by atoms with Crippen LogP contribution in [0.3, 0.4) is 0 Å². The third-order valence-corrected chi connectivity index (χ3v) is 5.00. The third kappa shape index (κ3) is 3.21. The Hall–Kier alpha value is -0.790. The molecule has 0 aliphatic heterocycles. The van der Waals surface area contributed by atoms with Crippen LogP contribution in [0.5, 0.6) is 0 Å². The molecule has 0 bridgehead atoms. The van der Waals surface area contributed by atoms with Crippen LogP contribution in [0.25, 0.3) is 0 Å². The Balaban J connectivity index is 2.45. The Morgan fingerprint density at radius 3 is 2.21 bits per heavy atom. The SMILES string of the molecule is CC(C)c1ccc(C(Cl)c2cccs2)c(C(C)C)c1. The minimum Gasteiger partial charge on any atom is -0.147 e. The number of hydrogen-bond acceptors (Lipinski definition) is 1. The zero-order valence-electron chi connectivity index (χ0n) is 12.0. The molecule has 1 heterocycles. The molecule has 0 amide bonds. The van der Waals surface area contributed by atoms with E-state index in [2.05, 4.69) is 63.4 Å². The molecule has 0 aliphatic carbocycles. The lowest BCUT2D eigenvalue weighted by molar-refractivity contribution is 0.819. The number of hydrogen-bond donors (Lipinski definition) is 0. The molecule has 0 spiro atoms. The first kappa shape index (κ1) is 14.6. The summed E-state index contributed by atoms with van der Waals surface area (Å²) in [5.41, 5.74) is 4.02. The van der Waals surface area contributed by atoms with Gasteiger partial charge in [0.05, 0.1) is 5.38 Å². The lowest BCUT2D eigenvalue weighted by Crippen LogP contribution is -2.02. The van der Waals surface area contributed by atoms with Gasteiger partial charge in [0.1, 0.15) is 0 Å². The van der Waals surface area contributed by atoms with Crippen LogP contribution in [0.4, 0.5) is 0 Å². The maximum atomic E-state index is 6.66. The first-order valence-corrected chi connectivity index (χ1v) is 8.13. The van der Waals surface area contributed by atoms with E-state index in [-0.39, 0.29) is 5.38 Å². The molecular weight excluding hydrogens is 272 g/mol. The van der Waals surface area contributed by atoms with Gasteiger partial charge in [0.2, 0.25) is 0 Å². The van der Waals surface area contributed by atoms with Gasteiger partial charge in [-0.15, -0.1) is 22.9 Å². The van der Waals surface area contributed by atoms with Crippen molar-refractivity contribution in [2.75, 3.05) is 0 Å². The van der Waals surface area contributed by atoms with Gasteiger partial charge in [-0.3, -0.25) is 0 Å². The number of rotatable bonds is 4. The molecule has 2 aromatic rings. The van der Waals surface area contributed by atoms with Crippen LogP contribution in [0.1, 0.15) is 66.5 Å². The van der Waals surface area contributed by atoms with Gasteiger partial charge in [0.25, 0.3) is 0 Å². The van der Waals surface area contributed by atoms with Crippen LogP contribution < -0.4 is 0 Å². The standard InChI is InChI=1S/C17H21ClS/c1-11(2)13-7-8-14(15(10-13)12(3)4)17(18)16-6-5-9-19-16/h5-12,17H,1-4H3. The highest BCUT2D eigenvalue weighted by atomic mass is 35.5. The van der Waals surface area contributed by atoms with Crippen LogP contribution in [0.2, 0.25) is 0 Å². The second kappa shape index (κ2) is 6.11. The van der Waals surface area contributed by atoms with Crippen molar-refractivity contribution in [2.24, 2.45) is 0 Å². The van der Waals surface area contributed by atoms with Gasteiger partial charge in [0.15, 0.2) is 0 Å². The molecule has 0 aliphatic rings. The summed E-state index contributed by atoms with van der Waals surface area (Å²) < 4.78 is 0. The van der Waals surface area contributed by atoms with Crippen molar-refractivity contribution in [1.29, 1.82) is 0 Å². The predicted octanol–water partition coefficient (Wildman–Crippen LogP) is 6.32. The molecule has 0 saturated carbocycles. The second-order valence-corrected chi connectivity index (χ2v) is 6.99. The number of halogens is 1. The quantitative estimate of drug-likeness (QED) is 0.578. The minimum atomic E-state index is -0.0291. The van der Waals surface area contributed by atoms with Crippen molar-refractivity contribution in [3.8, 4) is 0 Å². The van der Waals surface area contributed by atoms with E-state index in [1.807, 2.05) is 0 Å². The van der Waals surface area contributed by atoms with Crippen molar-refractivity contribution in [3.63, 3.8) is 0 Å². The highest BCUT2D eigenvalue weighted by Crippen LogP contribution is 2.37. The molecule has 1 aromatic carbocycles. The highest BCUT2D eigenvalue weighted by molar-refractivity contribution is 7.10. The fourth-order valence-electron chi connectivity index (χ4n) is 2.27. The zero-order valence-corrected chi connectivity index (χ0v) is 13.6. The normalized spacial score (nSPS) is 13.2. The van der Waals surface area contributed by atoms with Crippen molar-refractivity contribution in [1.82, 2.24) is 0 Å². The fourth-order valence-corrected chi connectivity index (χ4v) is 3.42. The molecule has 0 fully saturated rings. The predicted molar refractivity (Wildman–Crippen MR) is 86.6 cm³/mol. The highest BCUT2D eigenvalue weighted by Gasteiger charge is 2.18. The smallest absolute Gasteiger partial charge is 0.0930 e. The Labute approximate surface area is 125 Å². The summed E-state index contributed by atoms with van der Waals surface area (Å²) in [5, 5.41) is 2.06. The van der Waals surface area contributed by atoms with E-state index in [0.29, 0.717) is 11.8 Å². The van der Waals surface area contributed by atoms with Gasteiger partial charge < -0.3 is 0 Å². The van der Waals surface area contributed by atoms with Crippen LogP contribution in [0, 0.1) is 0 Å². The van der Waals surface area contributed by atoms with E-state index in [1.165, 1.54) is 21.6 Å². The zero-order chi connectivity index (χ0) is 14.0. The van der Waals surface area contributed by atoms with Crippen LogP contribution in [-0.4, -0.2) is 0 Å². The van der Waals surface area contributed by atoms with Gasteiger partial charge in [-0.2, -0.15) is 0 Å². The average Bonchev–Trinajstić information content (AvgIpc) is 2.90. The summed E-state index contributed by atoms with van der Waals surface area (Å²) in [6.07, 6.45) is 0. The van der Waals surface area contributed by atoms with E-state index >= 15 is 0 Å². The molecule has 1 unspecified atom stereocenters. The van der Waals surface area contributed by atoms with Gasteiger partial charge in [-0.05, 0) is 40.0 Å². The topological polar surface area (TPSA) is 0 Å². The maximum Gasteiger partial charge on any atom is 0.0930 e. The van der Waals surface area contributed by atoms with Crippen LogP contribution in [-0.2, 0) is 0 Å². The van der Waals surface area contributed by atoms with Gasteiger partial charge >= 0.3 is 0 Å². The number of alkyl halides is 1. The van der Waals surface area contributed by atoms with Gasteiger partial charge in [-0.1, -0.05) is 52.0 Å². The number of thiophene rings is 1. The number of benzene rings is 1. The summed E-state index contributed by atoms with van der Waals surface area (Å²) >= 11 is 8.39. The summed E-state index contributed by atoms with van der Waals surface area (Å²) in [7, 11) is 0. The molecule has 0 radical (unpaired) electrons. The Kier molecular flexibility index (Phi) is 4.70. The van der Waals surface area contributed by atoms with Crippen molar-refractivity contribution >= 4 is 22.9 Å². The Morgan fingerprint density at radius 1 is 0.947 bits per heavy atom. The summed E-state index contributed by atoms with van der Waals surface area (Å²) in [6, 6.07) is 10.9. The second-order valence-electron chi connectivity index (χ2n) is 5.58. The van der Waals surface area contributed by atoms with E-state index in [1.54, 1.807) is 11.3 Å². The minimum absolute atomic E-state index is 0.0291. The average molecular weight is 293 g/mol. The van der Waals surface area contributed by atoms with E-state index in [4.69, 9.17) is 11.6 Å². The van der Waals surface area contributed by atoms with E-state index in [9.17, 15) is 0 Å². The molecule has 19 heavy (non-hydrogen) atoms. The summed E-state index contributed by atoms with van der Waals surface area (Å²) in [5.74, 6) is 1.05. The summed E-state index contributed by atoms with van der Waals surface area (Å²) in [4.78, 5) is 1.22. The monoisotopic (exact) mass is 292 g/mol. The van der Waals surface area contributed by atoms with Crippen LogP contribution >= 0.6 is 22.9 Å². The van der Waals surface area contributed by atoms with Gasteiger partial charge in [-0.25, -0.2) is 0 Å². The Bertz CT molecular complexity index is 526. The summed E-state index contributed by atoms with van der Waals surface area (Å²) in [6.45, 7) is 8.94. The van der Waals surface area contributed by atoms with Gasteiger partial charge in [0, 0.05) is 4.88 Å². The molecule has 0 N–H and O–H groups in total. The lowest BCUT2D eigenvalue weighted by atomic mass is 9.90. The van der Waals surface area contributed by atoms with Crippen LogP contribution in [0.15, 0.2) is 35.7 Å². The van der Waals surface area contributed by atoms with E-state index in [0.717, 1.165) is 0 Å². The third-order valence-electron chi connectivity index (χ3n) is 3.47. The Morgan fingerprint density at radius 2 is 1.68 bits per heavy atom. The fraction of sp³-hybridized carbons (Fsp3) is 0.412. The molecule has 2 heteroatoms. The first-order valence-electron chi connectivity index (χ1n) is 6.82. The molecule has 0 nitrogen and oxygen atoms in total. The van der Waals surface area contributed by atoms with Crippen molar-refractivity contribution in [3.05, 3.63) is 57.3 Å². The van der Waals surface area contributed by atoms with Crippen molar-refractivity contribution in [2.45, 2.75) is 44.9 Å². The molecule has 1 atom stereocenters. The molecular formula is C17H21ClS. The lowest BCUT2D eigenvalue weighted by Gasteiger charge is -2.19. The maximum absolute atomic E-state index is 6.66. The first-order chi connectivity index (χ1) is 9.00.